The molecule has 0 unspecified atom stereocenters. The molecule has 0 aliphatic rings. The highest BCUT2D eigenvalue weighted by Crippen LogP contribution is 2.19. The highest BCUT2D eigenvalue weighted by molar-refractivity contribution is 5.96. The van der Waals surface area contributed by atoms with Gasteiger partial charge in [0, 0.05) is 18.6 Å². The minimum Gasteiger partial charge on any atom is -0.463 e. The first-order valence-corrected chi connectivity index (χ1v) is 14.4. The van der Waals surface area contributed by atoms with Crippen LogP contribution in [-0.4, -0.2) is 36.5 Å². The highest BCUT2D eigenvalue weighted by atomic mass is 16.5. The maximum atomic E-state index is 13.6. The Labute approximate surface area is 253 Å². The summed E-state index contributed by atoms with van der Waals surface area (Å²) in [6.45, 7) is 1.99. The Morgan fingerprint density at radius 2 is 1.23 bits per heavy atom. The predicted octanol–water partition coefficient (Wildman–Crippen LogP) is 5.94. The molecule has 0 aliphatic carbocycles. The molecule has 0 heterocycles. The molecule has 0 saturated carbocycles. The summed E-state index contributed by atoms with van der Waals surface area (Å²) in [4.78, 5) is 38.6. The van der Waals surface area contributed by atoms with E-state index in [0.29, 0.717) is 12.8 Å². The third-order valence-electron chi connectivity index (χ3n) is 6.74. The second-order valence-corrected chi connectivity index (χ2v) is 9.99. The number of ether oxygens (including phenoxy) is 1. The van der Waals surface area contributed by atoms with Gasteiger partial charge in [-0.25, -0.2) is 4.79 Å². The monoisotopic (exact) mass is 572 g/mol. The number of nitrogens with one attached hydrogen (secondary N) is 2. The number of esters is 1. The van der Waals surface area contributed by atoms with Crippen LogP contribution in [0.15, 0.2) is 133 Å². The van der Waals surface area contributed by atoms with Gasteiger partial charge in [0.1, 0.15) is 6.04 Å². The van der Waals surface area contributed by atoms with Gasteiger partial charge in [-0.05, 0) is 47.2 Å². The summed E-state index contributed by atoms with van der Waals surface area (Å²) in [6, 6.07) is 35.8. The standard InChI is InChI=1S/C37H36N2O4/c1-2-43-36(41)25-23-33(26-29-12-6-3-7-13-29)38-37(42)34(27-30-14-8-4-9-15-30)39-35(40)24-20-28-18-21-32(22-19-28)31-16-10-5-11-17-31/h3-25,33-34H,2,26-27H2,1H3,(H,38,42)(H,39,40)/b24-20+,25-23+/t33-,34+/m1/s1. The van der Waals surface area contributed by atoms with Crippen LogP contribution in [0.1, 0.15) is 23.6 Å². The molecular weight excluding hydrogens is 536 g/mol. The molecule has 2 N–H and O–H groups in total. The van der Waals surface area contributed by atoms with Crippen LogP contribution in [0.2, 0.25) is 0 Å². The summed E-state index contributed by atoms with van der Waals surface area (Å²) in [6.07, 6.45) is 6.88. The fourth-order valence-electron chi connectivity index (χ4n) is 4.57. The summed E-state index contributed by atoms with van der Waals surface area (Å²) in [5.41, 5.74) is 4.97. The maximum Gasteiger partial charge on any atom is 0.330 e. The molecule has 218 valence electrons. The van der Waals surface area contributed by atoms with E-state index in [1.165, 1.54) is 12.2 Å². The third kappa shape index (κ3) is 10.3. The number of rotatable bonds is 13. The third-order valence-corrected chi connectivity index (χ3v) is 6.74. The van der Waals surface area contributed by atoms with Crippen molar-refractivity contribution in [2.45, 2.75) is 31.8 Å². The zero-order valence-corrected chi connectivity index (χ0v) is 24.2. The first-order valence-electron chi connectivity index (χ1n) is 14.4. The van der Waals surface area contributed by atoms with Crippen LogP contribution >= 0.6 is 0 Å². The molecule has 0 fully saturated rings. The second-order valence-electron chi connectivity index (χ2n) is 9.99. The van der Waals surface area contributed by atoms with Crippen LogP contribution < -0.4 is 10.6 Å². The Balaban J connectivity index is 1.47. The molecule has 6 nitrogen and oxygen atoms in total. The SMILES string of the molecule is CCOC(=O)/C=C/[C@H](Cc1ccccc1)NC(=O)[C@H](Cc1ccccc1)NC(=O)/C=C/c1ccc(-c2ccccc2)cc1. The van der Waals surface area contributed by atoms with Crippen LogP contribution in [0.3, 0.4) is 0 Å². The van der Waals surface area contributed by atoms with Crippen molar-refractivity contribution >= 4 is 23.9 Å². The Morgan fingerprint density at radius 1 is 0.674 bits per heavy atom. The number of benzene rings is 4. The first-order chi connectivity index (χ1) is 21.0. The molecule has 0 bridgehead atoms. The second kappa shape index (κ2) is 16.3. The van der Waals surface area contributed by atoms with Crippen molar-refractivity contribution < 1.29 is 19.1 Å². The van der Waals surface area contributed by atoms with E-state index in [-0.39, 0.29) is 18.4 Å². The molecule has 4 aromatic rings. The molecule has 2 amide bonds. The summed E-state index contributed by atoms with van der Waals surface area (Å²) < 4.78 is 5.02. The number of carbonyl (C=O) groups is 3. The van der Waals surface area contributed by atoms with Crippen LogP contribution in [-0.2, 0) is 32.0 Å². The van der Waals surface area contributed by atoms with Gasteiger partial charge in [0.15, 0.2) is 0 Å². The normalized spacial score (nSPS) is 12.5. The van der Waals surface area contributed by atoms with Gasteiger partial charge < -0.3 is 15.4 Å². The Kier molecular flexibility index (Phi) is 11.6. The van der Waals surface area contributed by atoms with Crippen LogP contribution in [0.25, 0.3) is 17.2 Å². The molecule has 4 aromatic carbocycles. The minimum absolute atomic E-state index is 0.259. The molecular formula is C37H36N2O4. The average molecular weight is 573 g/mol. The fourth-order valence-corrected chi connectivity index (χ4v) is 4.57. The van der Waals surface area contributed by atoms with E-state index in [1.54, 1.807) is 19.1 Å². The molecule has 0 saturated heterocycles. The molecule has 0 aliphatic heterocycles. The van der Waals surface area contributed by atoms with Gasteiger partial charge in [0.05, 0.1) is 12.6 Å². The predicted molar refractivity (Wildman–Crippen MR) is 171 cm³/mol. The Bertz CT molecular complexity index is 1520. The topological polar surface area (TPSA) is 84.5 Å². The van der Waals surface area contributed by atoms with E-state index in [2.05, 4.69) is 10.6 Å². The smallest absolute Gasteiger partial charge is 0.330 e. The number of hydrogen-bond acceptors (Lipinski definition) is 4. The van der Waals surface area contributed by atoms with E-state index >= 15 is 0 Å². The van der Waals surface area contributed by atoms with E-state index < -0.39 is 18.1 Å². The van der Waals surface area contributed by atoms with Gasteiger partial charge in [-0.1, -0.05) is 121 Å². The summed E-state index contributed by atoms with van der Waals surface area (Å²) in [5.74, 6) is -1.22. The van der Waals surface area contributed by atoms with E-state index in [1.807, 2.05) is 115 Å². The van der Waals surface area contributed by atoms with Gasteiger partial charge in [0.25, 0.3) is 0 Å². The molecule has 0 aromatic heterocycles. The first kappa shape index (κ1) is 30.7. The Hall–Kier alpha value is -5.23. The van der Waals surface area contributed by atoms with Gasteiger partial charge in [0.2, 0.25) is 11.8 Å². The summed E-state index contributed by atoms with van der Waals surface area (Å²) in [7, 11) is 0. The minimum atomic E-state index is -0.839. The van der Waals surface area contributed by atoms with Crippen LogP contribution in [0, 0.1) is 0 Å². The van der Waals surface area contributed by atoms with Crippen molar-refractivity contribution in [2.75, 3.05) is 6.61 Å². The molecule has 0 radical (unpaired) electrons. The van der Waals surface area contributed by atoms with Crippen molar-refractivity contribution in [3.05, 3.63) is 150 Å². The van der Waals surface area contributed by atoms with E-state index in [4.69, 9.17) is 4.74 Å². The molecule has 43 heavy (non-hydrogen) atoms. The zero-order chi connectivity index (χ0) is 30.3. The lowest BCUT2D eigenvalue weighted by Crippen LogP contribution is -2.50. The van der Waals surface area contributed by atoms with Crippen molar-refractivity contribution in [1.29, 1.82) is 0 Å². The zero-order valence-electron chi connectivity index (χ0n) is 24.2. The molecule has 6 heteroatoms. The fraction of sp³-hybridized carbons (Fsp3) is 0.162. The van der Waals surface area contributed by atoms with Gasteiger partial charge >= 0.3 is 5.97 Å². The molecule has 4 rings (SSSR count). The van der Waals surface area contributed by atoms with Crippen molar-refractivity contribution in [3.63, 3.8) is 0 Å². The molecule has 2 atom stereocenters. The van der Waals surface area contributed by atoms with Gasteiger partial charge in [-0.3, -0.25) is 9.59 Å². The quantitative estimate of drug-likeness (QED) is 0.153. The summed E-state index contributed by atoms with van der Waals surface area (Å²) in [5, 5.41) is 5.89. The lowest BCUT2D eigenvalue weighted by molar-refractivity contribution is -0.137. The van der Waals surface area contributed by atoms with Crippen molar-refractivity contribution in [1.82, 2.24) is 10.6 Å². The lowest BCUT2D eigenvalue weighted by atomic mass is 10.0. The number of hydrogen-bond donors (Lipinski definition) is 2. The summed E-state index contributed by atoms with van der Waals surface area (Å²) >= 11 is 0. The highest BCUT2D eigenvalue weighted by Gasteiger charge is 2.23. The largest absolute Gasteiger partial charge is 0.463 e. The van der Waals surface area contributed by atoms with E-state index in [0.717, 1.165) is 27.8 Å². The number of amides is 2. The lowest BCUT2D eigenvalue weighted by Gasteiger charge is -2.22. The van der Waals surface area contributed by atoms with Crippen LogP contribution in [0.4, 0.5) is 0 Å². The van der Waals surface area contributed by atoms with Gasteiger partial charge in [-0.15, -0.1) is 0 Å². The van der Waals surface area contributed by atoms with Crippen molar-refractivity contribution in [3.8, 4) is 11.1 Å². The van der Waals surface area contributed by atoms with E-state index in [9.17, 15) is 14.4 Å². The molecule has 0 spiro atoms. The van der Waals surface area contributed by atoms with Crippen molar-refractivity contribution in [2.24, 2.45) is 0 Å². The average Bonchev–Trinajstić information content (AvgIpc) is 3.04. The maximum absolute atomic E-state index is 13.6. The van der Waals surface area contributed by atoms with Crippen LogP contribution in [0.5, 0.6) is 0 Å². The Morgan fingerprint density at radius 3 is 1.84 bits per heavy atom. The van der Waals surface area contributed by atoms with Gasteiger partial charge in [-0.2, -0.15) is 0 Å². The number of carbonyl (C=O) groups excluding carboxylic acids is 3.